The number of hydrogen-bond donors (Lipinski definition) is 0. The molecule has 0 unspecified atom stereocenters. The van der Waals surface area contributed by atoms with Crippen molar-refractivity contribution in [2.24, 2.45) is 0 Å². The third-order valence-electron chi connectivity index (χ3n) is 1.47. The zero-order chi connectivity index (χ0) is 10.7. The maximum absolute atomic E-state index is 12.0. The fourth-order valence-corrected chi connectivity index (χ4v) is 1.67. The second-order valence-corrected chi connectivity index (χ2v) is 5.28. The Kier molecular flexibility index (Phi) is 4.29. The Bertz CT molecular complexity index is 186. The number of carbonyl (C=O) groups is 1. The fraction of sp³-hybridized carbons (Fsp3) is 0.875. The van der Waals surface area contributed by atoms with Gasteiger partial charge in [0.15, 0.2) is 0 Å². The number of ketones is 1. The predicted octanol–water partition coefficient (Wildman–Crippen LogP) is 3.39. The van der Waals surface area contributed by atoms with Crippen molar-refractivity contribution in [3.05, 3.63) is 0 Å². The number of rotatable bonds is 4. The summed E-state index contributed by atoms with van der Waals surface area (Å²) in [5, 5.41) is 0. The third kappa shape index (κ3) is 8.15. The molecule has 0 heterocycles. The first kappa shape index (κ1) is 12.8. The van der Waals surface area contributed by atoms with Gasteiger partial charge in [0, 0.05) is 11.2 Å². The average molecular weight is 214 g/mol. The van der Waals surface area contributed by atoms with Crippen molar-refractivity contribution in [2.45, 2.75) is 43.9 Å². The van der Waals surface area contributed by atoms with Crippen LogP contribution in [0.25, 0.3) is 0 Å². The molecule has 0 aromatic rings. The molecule has 0 saturated carbocycles. The van der Waals surface area contributed by atoms with E-state index in [0.29, 0.717) is 0 Å². The summed E-state index contributed by atoms with van der Waals surface area (Å²) in [4.78, 5) is 10.6. The minimum Gasteiger partial charge on any atom is -0.300 e. The summed E-state index contributed by atoms with van der Waals surface area (Å²) in [6, 6.07) is 0. The molecule has 0 aromatic heterocycles. The van der Waals surface area contributed by atoms with Crippen LogP contribution in [0.5, 0.6) is 0 Å². The second-order valence-electron chi connectivity index (χ2n) is 3.51. The minimum atomic E-state index is -4.22. The van der Waals surface area contributed by atoms with E-state index in [-0.39, 0.29) is 30.4 Å². The molecule has 0 N–H and O–H groups in total. The molecule has 0 rings (SSSR count). The smallest absolute Gasteiger partial charge is 0.300 e. The molecule has 1 nitrogen and oxygen atoms in total. The Morgan fingerprint density at radius 3 is 2.08 bits per heavy atom. The van der Waals surface area contributed by atoms with Crippen LogP contribution in [0.3, 0.4) is 0 Å². The van der Waals surface area contributed by atoms with E-state index in [1.165, 1.54) is 20.8 Å². The van der Waals surface area contributed by atoms with Gasteiger partial charge in [0.1, 0.15) is 5.78 Å². The molecule has 0 atom stereocenters. The molecular formula is C8H13F3OS. The summed E-state index contributed by atoms with van der Waals surface area (Å²) in [5.74, 6) is -0.0733. The average Bonchev–Trinajstić information content (AvgIpc) is 1.78. The van der Waals surface area contributed by atoms with Crippen molar-refractivity contribution in [3.63, 3.8) is 0 Å². The van der Waals surface area contributed by atoms with E-state index < -0.39 is 10.3 Å². The van der Waals surface area contributed by atoms with Gasteiger partial charge in [0.05, 0.1) is 0 Å². The molecule has 78 valence electrons. The maximum Gasteiger partial charge on any atom is 0.442 e. The second kappa shape index (κ2) is 4.35. The van der Waals surface area contributed by atoms with E-state index >= 15 is 0 Å². The highest BCUT2D eigenvalue weighted by Crippen LogP contribution is 2.42. The summed E-state index contributed by atoms with van der Waals surface area (Å²) >= 11 is -0.0512. The molecule has 0 radical (unpaired) electrons. The molecule has 0 aliphatic heterocycles. The number of thioether (sulfide) groups is 1. The highest BCUT2D eigenvalue weighted by molar-refractivity contribution is 8.01. The van der Waals surface area contributed by atoms with E-state index in [1.807, 2.05) is 0 Å². The highest BCUT2D eigenvalue weighted by atomic mass is 32.2. The van der Waals surface area contributed by atoms with Crippen molar-refractivity contribution < 1.29 is 18.0 Å². The van der Waals surface area contributed by atoms with Gasteiger partial charge in [-0.3, -0.25) is 0 Å². The molecule has 13 heavy (non-hydrogen) atoms. The maximum atomic E-state index is 12.0. The van der Waals surface area contributed by atoms with Crippen LogP contribution < -0.4 is 0 Å². The number of hydrogen-bond acceptors (Lipinski definition) is 2. The Balaban J connectivity index is 4.01. The first-order chi connectivity index (χ1) is 5.62. The number of carbonyl (C=O) groups excluding carboxylic acids is 1. The van der Waals surface area contributed by atoms with Crippen molar-refractivity contribution >= 4 is 17.5 Å². The highest BCUT2D eigenvalue weighted by Gasteiger charge is 2.37. The van der Waals surface area contributed by atoms with Crippen LogP contribution in [0.15, 0.2) is 0 Å². The monoisotopic (exact) mass is 214 g/mol. The topological polar surface area (TPSA) is 17.1 Å². The van der Waals surface area contributed by atoms with Gasteiger partial charge >= 0.3 is 5.51 Å². The lowest BCUT2D eigenvalue weighted by Crippen LogP contribution is -2.21. The first-order valence-electron chi connectivity index (χ1n) is 3.89. The number of alkyl halides is 3. The van der Waals surface area contributed by atoms with Crippen LogP contribution in [0.2, 0.25) is 0 Å². The van der Waals surface area contributed by atoms with E-state index in [4.69, 9.17) is 0 Å². The van der Waals surface area contributed by atoms with Gasteiger partial charge in [0.2, 0.25) is 0 Å². The van der Waals surface area contributed by atoms with Gasteiger partial charge in [0.25, 0.3) is 0 Å². The fourth-order valence-electron chi connectivity index (χ4n) is 0.841. The van der Waals surface area contributed by atoms with E-state index in [2.05, 4.69) is 0 Å². The van der Waals surface area contributed by atoms with Gasteiger partial charge in [-0.1, -0.05) is 13.8 Å². The molecule has 5 heteroatoms. The van der Waals surface area contributed by atoms with Crippen LogP contribution >= 0.6 is 11.8 Å². The molecule has 0 aliphatic rings. The van der Waals surface area contributed by atoms with Crippen LogP contribution in [-0.2, 0) is 4.79 Å². The summed E-state index contributed by atoms with van der Waals surface area (Å²) in [5.41, 5.74) is -4.22. The lowest BCUT2D eigenvalue weighted by atomic mass is 10.1. The molecule has 0 saturated heterocycles. The molecule has 0 aliphatic carbocycles. The molecule has 0 spiro atoms. The van der Waals surface area contributed by atoms with E-state index in [1.54, 1.807) is 0 Å². The van der Waals surface area contributed by atoms with Gasteiger partial charge < -0.3 is 4.79 Å². The van der Waals surface area contributed by atoms with Gasteiger partial charge in [-0.25, -0.2) is 0 Å². The lowest BCUT2D eigenvalue weighted by molar-refractivity contribution is -0.117. The Labute approximate surface area is 80.1 Å². The molecular weight excluding hydrogens is 201 g/mol. The summed E-state index contributed by atoms with van der Waals surface area (Å²) in [6.45, 7) is 4.37. The van der Waals surface area contributed by atoms with Gasteiger partial charge in [-0.05, 0) is 25.1 Å². The van der Waals surface area contributed by atoms with E-state index in [0.717, 1.165) is 0 Å². The number of halogens is 3. The summed E-state index contributed by atoms with van der Waals surface area (Å²) in [7, 11) is 0. The molecule has 0 amide bonds. The SMILES string of the molecule is CC(=O)CCC(C)(C)SC(F)(F)F. The van der Waals surface area contributed by atoms with Crippen LogP contribution in [0.4, 0.5) is 13.2 Å². The molecule has 0 fully saturated rings. The number of Topliss-reactive ketones (excluding diaryl/α,β-unsaturated/α-hetero) is 1. The third-order valence-corrected chi connectivity index (χ3v) is 2.46. The molecule has 0 bridgehead atoms. The van der Waals surface area contributed by atoms with Crippen LogP contribution in [-0.4, -0.2) is 16.0 Å². The minimum absolute atomic E-state index is 0.0512. The van der Waals surface area contributed by atoms with Gasteiger partial charge in [-0.15, -0.1) is 0 Å². The Morgan fingerprint density at radius 2 is 1.77 bits per heavy atom. The van der Waals surface area contributed by atoms with Crippen LogP contribution in [0, 0.1) is 0 Å². The molecule has 0 aromatic carbocycles. The van der Waals surface area contributed by atoms with E-state index in [9.17, 15) is 18.0 Å². The first-order valence-corrected chi connectivity index (χ1v) is 4.70. The normalized spacial score (nSPS) is 13.1. The van der Waals surface area contributed by atoms with Crippen molar-refractivity contribution in [2.75, 3.05) is 0 Å². The van der Waals surface area contributed by atoms with Crippen molar-refractivity contribution in [1.29, 1.82) is 0 Å². The predicted molar refractivity (Wildman–Crippen MR) is 47.6 cm³/mol. The van der Waals surface area contributed by atoms with Crippen molar-refractivity contribution in [3.8, 4) is 0 Å². The lowest BCUT2D eigenvalue weighted by Gasteiger charge is -2.24. The Hall–Kier alpha value is -0.190. The standard InChI is InChI=1S/C8H13F3OS/c1-6(12)4-5-7(2,3)13-8(9,10)11/h4-5H2,1-3H3. The van der Waals surface area contributed by atoms with Crippen LogP contribution in [0.1, 0.15) is 33.6 Å². The zero-order valence-corrected chi connectivity index (χ0v) is 8.68. The zero-order valence-electron chi connectivity index (χ0n) is 7.86. The summed E-state index contributed by atoms with van der Waals surface area (Å²) in [6.07, 6.45) is 0.461. The summed E-state index contributed by atoms with van der Waals surface area (Å²) < 4.78 is 34.9. The van der Waals surface area contributed by atoms with Crippen molar-refractivity contribution in [1.82, 2.24) is 0 Å². The van der Waals surface area contributed by atoms with Gasteiger partial charge in [-0.2, -0.15) is 13.2 Å². The Morgan fingerprint density at radius 1 is 1.31 bits per heavy atom. The quantitative estimate of drug-likeness (QED) is 0.713. The largest absolute Gasteiger partial charge is 0.442 e.